The van der Waals surface area contributed by atoms with Gasteiger partial charge < -0.3 is 9.72 Å². The fraction of sp³-hybridized carbons (Fsp3) is 0.238. The first-order chi connectivity index (χ1) is 12.6. The van der Waals surface area contributed by atoms with Crippen molar-refractivity contribution in [1.82, 2.24) is 9.88 Å². The fourth-order valence-corrected chi connectivity index (χ4v) is 3.09. The van der Waals surface area contributed by atoms with E-state index in [0.717, 1.165) is 22.0 Å². The molecule has 3 rings (SSSR count). The summed E-state index contributed by atoms with van der Waals surface area (Å²) in [6.07, 6.45) is 2.78. The fourth-order valence-electron chi connectivity index (χ4n) is 3.09. The van der Waals surface area contributed by atoms with Gasteiger partial charge in [-0.2, -0.15) is 0 Å². The summed E-state index contributed by atoms with van der Waals surface area (Å²) in [5.41, 5.74) is 2.94. The molecule has 26 heavy (non-hydrogen) atoms. The first-order valence-corrected chi connectivity index (χ1v) is 8.58. The number of hydrogen-bond acceptors (Lipinski definition) is 3. The van der Waals surface area contributed by atoms with E-state index < -0.39 is 0 Å². The van der Waals surface area contributed by atoms with Crippen molar-refractivity contribution in [3.63, 3.8) is 0 Å². The van der Waals surface area contributed by atoms with Gasteiger partial charge in [-0.05, 0) is 24.1 Å². The van der Waals surface area contributed by atoms with E-state index in [1.165, 1.54) is 11.8 Å². The normalized spacial score (nSPS) is 10.7. The van der Waals surface area contributed by atoms with Gasteiger partial charge in [0.05, 0.1) is 13.7 Å². The summed E-state index contributed by atoms with van der Waals surface area (Å²) in [5.74, 6) is 0.219. The molecule has 5 nitrogen and oxygen atoms in total. The maximum atomic E-state index is 12.7. The van der Waals surface area contributed by atoms with Crippen LogP contribution < -0.4 is 4.74 Å². The van der Waals surface area contributed by atoms with Gasteiger partial charge in [-0.1, -0.05) is 36.4 Å². The van der Waals surface area contributed by atoms with Crippen molar-refractivity contribution in [1.29, 1.82) is 0 Å². The molecule has 0 saturated heterocycles. The molecule has 0 aliphatic heterocycles. The maximum absolute atomic E-state index is 12.7. The number of carbonyl (C=O) groups excluding carboxylic acids is 2. The second-order valence-corrected chi connectivity index (χ2v) is 6.17. The summed E-state index contributed by atoms with van der Waals surface area (Å²) in [6.45, 7) is 1.63. The number of carbonyl (C=O) groups is 2. The van der Waals surface area contributed by atoms with Crippen LogP contribution in [0, 0.1) is 0 Å². The first kappa shape index (κ1) is 17.7. The molecule has 0 atom stereocenters. The number of nitrogens with zero attached hydrogens (tertiary/aromatic N) is 1. The Hall–Kier alpha value is -3.08. The van der Waals surface area contributed by atoms with Crippen LogP contribution in [0.5, 0.6) is 5.75 Å². The van der Waals surface area contributed by atoms with Crippen LogP contribution in [0.1, 0.15) is 24.5 Å². The van der Waals surface area contributed by atoms with Crippen molar-refractivity contribution in [2.45, 2.75) is 26.3 Å². The molecule has 0 spiro atoms. The van der Waals surface area contributed by atoms with E-state index in [2.05, 4.69) is 4.98 Å². The van der Waals surface area contributed by atoms with Crippen LogP contribution in [0.25, 0.3) is 10.9 Å². The highest BCUT2D eigenvalue weighted by Gasteiger charge is 2.20. The van der Waals surface area contributed by atoms with Crippen LogP contribution in [0.2, 0.25) is 0 Å². The average molecular weight is 350 g/mol. The number of aromatic nitrogens is 1. The van der Waals surface area contributed by atoms with E-state index in [0.29, 0.717) is 12.2 Å². The number of aromatic amines is 1. The van der Waals surface area contributed by atoms with Crippen LogP contribution in [-0.4, -0.2) is 28.8 Å². The number of imide groups is 1. The summed E-state index contributed by atoms with van der Waals surface area (Å²) in [7, 11) is 1.58. The molecule has 0 saturated carbocycles. The van der Waals surface area contributed by atoms with Gasteiger partial charge in [0.15, 0.2) is 0 Å². The standard InChI is InChI=1S/C21H22N2O3/c1-15(24)23(14-17-7-3-6-10-20(17)26-2)21(25)12-11-16-13-22-19-9-5-4-8-18(16)19/h3-10,13,22H,11-12,14H2,1-2H3. The van der Waals surface area contributed by atoms with Gasteiger partial charge in [0.2, 0.25) is 11.8 Å². The molecule has 0 aliphatic rings. The van der Waals surface area contributed by atoms with Crippen LogP contribution in [-0.2, 0) is 22.6 Å². The third-order valence-corrected chi connectivity index (χ3v) is 4.49. The SMILES string of the molecule is COc1ccccc1CN(C(C)=O)C(=O)CCc1c[nH]c2ccccc12. The van der Waals surface area contributed by atoms with Gasteiger partial charge in [0.1, 0.15) is 5.75 Å². The van der Waals surface area contributed by atoms with E-state index in [9.17, 15) is 9.59 Å². The first-order valence-electron chi connectivity index (χ1n) is 8.58. The van der Waals surface area contributed by atoms with E-state index >= 15 is 0 Å². The molecule has 1 heterocycles. The zero-order chi connectivity index (χ0) is 18.5. The lowest BCUT2D eigenvalue weighted by Crippen LogP contribution is -2.34. The molecule has 5 heteroatoms. The predicted octanol–water partition coefficient (Wildman–Crippen LogP) is 3.68. The minimum Gasteiger partial charge on any atom is -0.496 e. The number of methoxy groups -OCH3 is 1. The lowest BCUT2D eigenvalue weighted by molar-refractivity contribution is -0.144. The number of nitrogens with one attached hydrogen (secondary N) is 1. The molecule has 0 fully saturated rings. The van der Waals surface area contributed by atoms with Crippen LogP contribution in [0.4, 0.5) is 0 Å². The minimum absolute atomic E-state index is 0.186. The molecule has 0 bridgehead atoms. The smallest absolute Gasteiger partial charge is 0.229 e. The molecule has 1 N–H and O–H groups in total. The molecule has 0 aliphatic carbocycles. The van der Waals surface area contributed by atoms with Gasteiger partial charge >= 0.3 is 0 Å². The number of benzene rings is 2. The van der Waals surface area contributed by atoms with Crippen molar-refractivity contribution < 1.29 is 14.3 Å². The summed E-state index contributed by atoms with van der Waals surface area (Å²) < 4.78 is 5.32. The maximum Gasteiger partial charge on any atom is 0.229 e. The zero-order valence-corrected chi connectivity index (χ0v) is 15.0. The third-order valence-electron chi connectivity index (χ3n) is 4.49. The van der Waals surface area contributed by atoms with Crippen molar-refractivity contribution in [2.75, 3.05) is 7.11 Å². The number of aryl methyl sites for hydroxylation is 1. The summed E-state index contributed by atoms with van der Waals surface area (Å²) >= 11 is 0. The quantitative estimate of drug-likeness (QED) is 0.737. The summed E-state index contributed by atoms with van der Waals surface area (Å²) in [4.78, 5) is 29.2. The third kappa shape index (κ3) is 3.77. The molecular weight excluding hydrogens is 328 g/mol. The van der Waals surface area contributed by atoms with Crippen LogP contribution in [0.3, 0.4) is 0 Å². The largest absolute Gasteiger partial charge is 0.496 e. The van der Waals surface area contributed by atoms with Gasteiger partial charge in [-0.25, -0.2) is 0 Å². The van der Waals surface area contributed by atoms with Crippen LogP contribution in [0.15, 0.2) is 54.7 Å². The van der Waals surface area contributed by atoms with E-state index in [-0.39, 0.29) is 24.8 Å². The Morgan fingerprint density at radius 1 is 1.04 bits per heavy atom. The average Bonchev–Trinajstić information content (AvgIpc) is 3.07. The molecule has 0 radical (unpaired) electrons. The molecule has 2 aromatic carbocycles. The van der Waals surface area contributed by atoms with Gasteiger partial charge in [-0.3, -0.25) is 14.5 Å². The van der Waals surface area contributed by atoms with Crippen molar-refractivity contribution >= 4 is 22.7 Å². The monoisotopic (exact) mass is 350 g/mol. The van der Waals surface area contributed by atoms with Crippen molar-refractivity contribution in [3.8, 4) is 5.75 Å². The van der Waals surface area contributed by atoms with Crippen LogP contribution >= 0.6 is 0 Å². The second-order valence-electron chi connectivity index (χ2n) is 6.17. The highest BCUT2D eigenvalue weighted by atomic mass is 16.5. The number of H-pyrrole nitrogens is 1. The molecule has 1 aromatic heterocycles. The van der Waals surface area contributed by atoms with E-state index in [1.807, 2.05) is 54.7 Å². The Balaban J connectivity index is 1.72. The number of ether oxygens (including phenoxy) is 1. The topological polar surface area (TPSA) is 62.4 Å². The Labute approximate surface area is 152 Å². The zero-order valence-electron chi connectivity index (χ0n) is 15.0. The van der Waals surface area contributed by atoms with E-state index in [1.54, 1.807) is 7.11 Å². The minimum atomic E-state index is -0.264. The predicted molar refractivity (Wildman–Crippen MR) is 101 cm³/mol. The number of rotatable bonds is 6. The highest BCUT2D eigenvalue weighted by Crippen LogP contribution is 2.22. The number of para-hydroxylation sites is 2. The number of hydrogen-bond donors (Lipinski definition) is 1. The summed E-state index contributed by atoms with van der Waals surface area (Å²) in [5, 5.41) is 1.11. The molecule has 3 aromatic rings. The molecular formula is C21H22N2O3. The highest BCUT2D eigenvalue weighted by molar-refractivity contribution is 5.94. The molecule has 0 unspecified atom stereocenters. The molecule has 134 valence electrons. The van der Waals surface area contributed by atoms with Crippen molar-refractivity contribution in [2.24, 2.45) is 0 Å². The Kier molecular flexibility index (Phi) is 5.37. The lowest BCUT2D eigenvalue weighted by atomic mass is 10.1. The Bertz CT molecular complexity index is 930. The van der Waals surface area contributed by atoms with E-state index in [4.69, 9.17) is 4.74 Å². The van der Waals surface area contributed by atoms with Crippen molar-refractivity contribution in [3.05, 3.63) is 65.9 Å². The Morgan fingerprint density at radius 3 is 2.54 bits per heavy atom. The van der Waals surface area contributed by atoms with Gasteiger partial charge in [-0.15, -0.1) is 0 Å². The van der Waals surface area contributed by atoms with Gasteiger partial charge in [0.25, 0.3) is 0 Å². The lowest BCUT2D eigenvalue weighted by Gasteiger charge is -2.20. The summed E-state index contributed by atoms with van der Waals surface area (Å²) in [6, 6.07) is 15.4. The number of amides is 2. The van der Waals surface area contributed by atoms with Gasteiger partial charge in [0, 0.05) is 36.0 Å². The number of fused-ring (bicyclic) bond motifs is 1. The second kappa shape index (κ2) is 7.87. The Morgan fingerprint density at radius 2 is 1.77 bits per heavy atom. The molecule has 2 amide bonds.